The molecule has 3 rings (SSSR count). The molecule has 0 atom stereocenters. The zero-order chi connectivity index (χ0) is 15.0. The van der Waals surface area contributed by atoms with Crippen LogP contribution in [0.3, 0.4) is 0 Å². The van der Waals surface area contributed by atoms with Gasteiger partial charge in [-0.3, -0.25) is 4.98 Å². The topological polar surface area (TPSA) is 38.7 Å². The van der Waals surface area contributed by atoms with Crippen LogP contribution in [-0.2, 0) is 0 Å². The number of fused-ring (bicyclic) bond motifs is 1. The van der Waals surface area contributed by atoms with E-state index >= 15 is 0 Å². The molecule has 0 N–H and O–H groups in total. The van der Waals surface area contributed by atoms with Gasteiger partial charge in [-0.05, 0) is 24.3 Å². The van der Waals surface area contributed by atoms with Crippen LogP contribution in [-0.4, -0.2) is 15.0 Å². The van der Waals surface area contributed by atoms with Gasteiger partial charge in [0.05, 0.1) is 0 Å². The third-order valence-corrected chi connectivity index (χ3v) is 3.84. The molecule has 106 valence electrons. The van der Waals surface area contributed by atoms with Crippen molar-refractivity contribution in [2.45, 2.75) is 26.7 Å². The van der Waals surface area contributed by atoms with Crippen LogP contribution in [0, 0.1) is 6.92 Å². The lowest BCUT2D eigenvalue weighted by Gasteiger charge is -2.12. The van der Waals surface area contributed by atoms with Gasteiger partial charge in [-0.25, -0.2) is 9.97 Å². The Balaban J connectivity index is 2.24. The molecule has 0 saturated carbocycles. The van der Waals surface area contributed by atoms with E-state index in [1.54, 1.807) is 6.20 Å². The minimum Gasteiger partial charge on any atom is -0.252 e. The van der Waals surface area contributed by atoms with Gasteiger partial charge in [-0.1, -0.05) is 49.7 Å². The van der Waals surface area contributed by atoms with Gasteiger partial charge >= 0.3 is 0 Å². The Morgan fingerprint density at radius 3 is 2.52 bits per heavy atom. The van der Waals surface area contributed by atoms with Crippen molar-refractivity contribution in [3.8, 4) is 11.5 Å². The highest BCUT2D eigenvalue weighted by Gasteiger charge is 2.16. The van der Waals surface area contributed by atoms with E-state index in [0.717, 1.165) is 27.7 Å². The summed E-state index contributed by atoms with van der Waals surface area (Å²) in [5.74, 6) is 0.880. The van der Waals surface area contributed by atoms with Crippen molar-refractivity contribution >= 4 is 22.4 Å². The minimum absolute atomic E-state index is 0.298. The number of benzene rings is 1. The summed E-state index contributed by atoms with van der Waals surface area (Å²) in [6.07, 6.45) is 1.78. The van der Waals surface area contributed by atoms with Crippen LogP contribution in [0.25, 0.3) is 22.3 Å². The van der Waals surface area contributed by atoms with Gasteiger partial charge in [0, 0.05) is 22.8 Å². The molecule has 1 aromatic carbocycles. The lowest BCUT2D eigenvalue weighted by molar-refractivity contribution is 0.830. The lowest BCUT2D eigenvalue weighted by atomic mass is 10.0. The molecule has 0 aliphatic rings. The lowest BCUT2D eigenvalue weighted by Crippen LogP contribution is -2.03. The van der Waals surface area contributed by atoms with Crippen LogP contribution >= 0.6 is 11.6 Å². The van der Waals surface area contributed by atoms with Crippen molar-refractivity contribution in [3.05, 3.63) is 52.9 Å². The van der Waals surface area contributed by atoms with Gasteiger partial charge in [0.1, 0.15) is 10.8 Å². The van der Waals surface area contributed by atoms with E-state index in [-0.39, 0.29) is 0 Å². The van der Waals surface area contributed by atoms with Gasteiger partial charge in [0.15, 0.2) is 5.82 Å². The minimum atomic E-state index is 0.298. The van der Waals surface area contributed by atoms with Crippen LogP contribution < -0.4 is 0 Å². The fourth-order valence-corrected chi connectivity index (χ4v) is 3.04. The van der Waals surface area contributed by atoms with E-state index < -0.39 is 0 Å². The number of hydrogen-bond acceptors (Lipinski definition) is 3. The fourth-order valence-electron chi connectivity index (χ4n) is 2.61. The maximum atomic E-state index is 6.35. The molecule has 0 fully saturated rings. The highest BCUT2D eigenvalue weighted by atomic mass is 35.5. The molecule has 0 saturated heterocycles. The molecular weight excluding hydrogens is 282 g/mol. The van der Waals surface area contributed by atoms with E-state index in [2.05, 4.69) is 34.9 Å². The predicted octanol–water partition coefficient (Wildman–Crippen LogP) is 4.78. The van der Waals surface area contributed by atoms with Gasteiger partial charge in [-0.2, -0.15) is 0 Å². The molecule has 0 amide bonds. The van der Waals surface area contributed by atoms with E-state index in [4.69, 9.17) is 11.6 Å². The van der Waals surface area contributed by atoms with Crippen LogP contribution in [0.15, 0.2) is 36.5 Å². The van der Waals surface area contributed by atoms with Crippen molar-refractivity contribution in [2.24, 2.45) is 0 Å². The highest BCUT2D eigenvalue weighted by molar-refractivity contribution is 6.30. The first-order chi connectivity index (χ1) is 10.1. The number of hydrogen-bond donors (Lipinski definition) is 0. The third-order valence-electron chi connectivity index (χ3n) is 3.55. The summed E-state index contributed by atoms with van der Waals surface area (Å²) < 4.78 is 0. The normalized spacial score (nSPS) is 11.3. The van der Waals surface area contributed by atoms with E-state index in [1.807, 2.05) is 31.2 Å². The maximum Gasteiger partial charge on any atom is 0.180 e. The van der Waals surface area contributed by atoms with Crippen molar-refractivity contribution in [3.63, 3.8) is 0 Å². The maximum absolute atomic E-state index is 6.35. The van der Waals surface area contributed by atoms with Gasteiger partial charge in [-0.15, -0.1) is 0 Å². The smallest absolute Gasteiger partial charge is 0.180 e. The summed E-state index contributed by atoms with van der Waals surface area (Å²) in [5, 5.41) is 2.67. The number of pyridine rings is 1. The Hall–Kier alpha value is -2.00. The molecule has 4 heteroatoms. The van der Waals surface area contributed by atoms with E-state index in [9.17, 15) is 0 Å². The number of nitrogens with zero attached hydrogens (tertiary/aromatic N) is 3. The second-order valence-electron chi connectivity index (χ2n) is 5.37. The van der Waals surface area contributed by atoms with Gasteiger partial charge < -0.3 is 0 Å². The quantitative estimate of drug-likeness (QED) is 0.639. The standard InChI is InChI=1S/C17H16ClN3/c1-10(2)14-11(3)20-17(21-16(14)18)15-13-7-5-4-6-12(13)8-9-19-15/h4-10H,1-3H3. The van der Waals surface area contributed by atoms with Crippen LogP contribution in [0.1, 0.15) is 31.0 Å². The van der Waals surface area contributed by atoms with Crippen LogP contribution in [0.4, 0.5) is 0 Å². The average Bonchev–Trinajstić information content (AvgIpc) is 2.45. The molecule has 0 radical (unpaired) electrons. The van der Waals surface area contributed by atoms with Crippen molar-refractivity contribution in [1.82, 2.24) is 15.0 Å². The summed E-state index contributed by atoms with van der Waals surface area (Å²) >= 11 is 6.35. The summed E-state index contributed by atoms with van der Waals surface area (Å²) in [6, 6.07) is 10.1. The van der Waals surface area contributed by atoms with Crippen LogP contribution in [0.5, 0.6) is 0 Å². The second kappa shape index (κ2) is 5.41. The monoisotopic (exact) mass is 297 g/mol. The number of aromatic nitrogens is 3. The molecular formula is C17H16ClN3. The number of halogens is 1. The molecule has 2 aromatic heterocycles. The average molecular weight is 298 g/mol. The van der Waals surface area contributed by atoms with Crippen molar-refractivity contribution in [2.75, 3.05) is 0 Å². The molecule has 0 aliphatic heterocycles. The molecule has 0 aliphatic carbocycles. The number of rotatable bonds is 2. The number of aryl methyl sites for hydroxylation is 1. The SMILES string of the molecule is Cc1nc(-c2nccc3ccccc23)nc(Cl)c1C(C)C. The second-order valence-corrected chi connectivity index (χ2v) is 5.73. The summed E-state index contributed by atoms with van der Waals surface area (Å²) in [5.41, 5.74) is 2.68. The Morgan fingerprint density at radius 1 is 1.05 bits per heavy atom. The Kier molecular flexibility index (Phi) is 3.60. The zero-order valence-corrected chi connectivity index (χ0v) is 13.0. The largest absolute Gasteiger partial charge is 0.252 e. The molecule has 0 spiro atoms. The van der Waals surface area contributed by atoms with Crippen molar-refractivity contribution in [1.29, 1.82) is 0 Å². The van der Waals surface area contributed by atoms with E-state index in [1.165, 1.54) is 0 Å². The molecule has 0 unspecified atom stereocenters. The highest BCUT2D eigenvalue weighted by Crippen LogP contribution is 2.29. The van der Waals surface area contributed by atoms with E-state index in [0.29, 0.717) is 16.9 Å². The Bertz CT molecular complexity index is 784. The molecule has 3 aromatic rings. The van der Waals surface area contributed by atoms with Gasteiger partial charge in [0.25, 0.3) is 0 Å². The zero-order valence-electron chi connectivity index (χ0n) is 12.3. The van der Waals surface area contributed by atoms with Crippen LogP contribution in [0.2, 0.25) is 5.15 Å². The summed E-state index contributed by atoms with van der Waals surface area (Å²) in [7, 11) is 0. The molecule has 2 heterocycles. The third kappa shape index (κ3) is 2.49. The Labute approximate surface area is 129 Å². The predicted molar refractivity (Wildman–Crippen MR) is 86.6 cm³/mol. The fraction of sp³-hybridized carbons (Fsp3) is 0.235. The van der Waals surface area contributed by atoms with Gasteiger partial charge in [0.2, 0.25) is 0 Å². The molecule has 21 heavy (non-hydrogen) atoms. The Morgan fingerprint density at radius 2 is 1.81 bits per heavy atom. The summed E-state index contributed by atoms with van der Waals surface area (Å²) in [4.78, 5) is 13.5. The van der Waals surface area contributed by atoms with Crippen molar-refractivity contribution < 1.29 is 0 Å². The molecule has 0 bridgehead atoms. The first kappa shape index (κ1) is 14.0. The first-order valence-electron chi connectivity index (χ1n) is 6.96. The summed E-state index contributed by atoms with van der Waals surface area (Å²) in [6.45, 7) is 6.15. The molecule has 3 nitrogen and oxygen atoms in total. The first-order valence-corrected chi connectivity index (χ1v) is 7.34.